The molecule has 0 bridgehead atoms. The monoisotopic (exact) mass is 406 g/mol. The Kier molecular flexibility index (Phi) is 6.71. The van der Waals surface area contributed by atoms with Crippen molar-refractivity contribution < 1.29 is 18.0 Å². The summed E-state index contributed by atoms with van der Waals surface area (Å²) in [6, 6.07) is 4.87. The summed E-state index contributed by atoms with van der Waals surface area (Å²) in [5, 5.41) is 3.24. The van der Waals surface area contributed by atoms with Crippen LogP contribution in [0.2, 0.25) is 10.0 Å². The van der Waals surface area contributed by atoms with E-state index in [1.54, 1.807) is 25.1 Å². The van der Waals surface area contributed by atoms with Gasteiger partial charge < -0.3 is 10.2 Å². The van der Waals surface area contributed by atoms with Gasteiger partial charge in [0.2, 0.25) is 11.8 Å². The van der Waals surface area contributed by atoms with Crippen molar-refractivity contribution in [2.24, 2.45) is 5.92 Å². The highest BCUT2D eigenvalue weighted by Crippen LogP contribution is 2.29. The largest absolute Gasteiger partial charge is 0.334 e. The van der Waals surface area contributed by atoms with Gasteiger partial charge in [-0.15, -0.1) is 0 Å². The third kappa shape index (κ3) is 5.59. The molecular weight excluding hydrogens is 387 g/mol. The van der Waals surface area contributed by atoms with Gasteiger partial charge in [0.15, 0.2) is 9.84 Å². The van der Waals surface area contributed by atoms with Crippen molar-refractivity contribution in [3.63, 3.8) is 0 Å². The average molecular weight is 407 g/mol. The van der Waals surface area contributed by atoms with Gasteiger partial charge in [0.1, 0.15) is 0 Å². The number of likely N-dealkylation sites (N-methyl/N-ethyl adjacent to an activating group) is 1. The van der Waals surface area contributed by atoms with Crippen LogP contribution in [-0.4, -0.2) is 49.7 Å². The van der Waals surface area contributed by atoms with Crippen molar-refractivity contribution in [1.29, 1.82) is 0 Å². The lowest BCUT2D eigenvalue weighted by atomic mass is 10.0. The summed E-state index contributed by atoms with van der Waals surface area (Å²) in [5.41, 5.74) is 0.307. The molecule has 1 saturated heterocycles. The topological polar surface area (TPSA) is 83.6 Å². The fraction of sp³-hybridized carbons (Fsp3) is 0.500. The lowest BCUT2D eigenvalue weighted by molar-refractivity contribution is -0.135. The van der Waals surface area contributed by atoms with Crippen LogP contribution < -0.4 is 5.32 Å². The van der Waals surface area contributed by atoms with Gasteiger partial charge in [-0.1, -0.05) is 29.3 Å². The summed E-state index contributed by atoms with van der Waals surface area (Å²) in [6.45, 7) is 1.97. The van der Waals surface area contributed by atoms with Gasteiger partial charge in [0.05, 0.1) is 33.8 Å². The van der Waals surface area contributed by atoms with E-state index in [1.807, 2.05) is 0 Å². The minimum atomic E-state index is -3.03. The zero-order chi connectivity index (χ0) is 18.6. The third-order valence-electron chi connectivity index (χ3n) is 4.09. The number of nitrogens with one attached hydrogen (secondary N) is 1. The zero-order valence-corrected chi connectivity index (χ0v) is 16.1. The Morgan fingerprint density at radius 1 is 1.28 bits per heavy atom. The summed E-state index contributed by atoms with van der Waals surface area (Å²) < 4.78 is 23.0. The van der Waals surface area contributed by atoms with Crippen LogP contribution in [0.25, 0.3) is 0 Å². The molecular formula is C16H20Cl2N2O4S. The first-order valence-corrected chi connectivity index (χ1v) is 10.5. The molecule has 1 fully saturated rings. The van der Waals surface area contributed by atoms with Crippen LogP contribution in [0, 0.1) is 5.92 Å². The Balaban J connectivity index is 1.94. The molecule has 1 atom stereocenters. The number of anilines is 1. The lowest BCUT2D eigenvalue weighted by Gasteiger charge is -2.22. The maximum absolute atomic E-state index is 12.4. The molecule has 0 spiro atoms. The highest BCUT2D eigenvalue weighted by molar-refractivity contribution is 7.91. The SMILES string of the molecule is CCN(CC(=O)Nc1c(Cl)cccc1Cl)C(=O)CC1CCS(=O)(=O)C1. The number of benzene rings is 1. The second-order valence-electron chi connectivity index (χ2n) is 6.03. The number of rotatable bonds is 6. The lowest BCUT2D eigenvalue weighted by Crippen LogP contribution is -2.38. The molecule has 0 saturated carbocycles. The first kappa shape index (κ1) is 20.0. The summed E-state index contributed by atoms with van der Waals surface area (Å²) in [7, 11) is -3.03. The molecule has 2 amide bonds. The number of nitrogens with zero attached hydrogens (tertiary/aromatic N) is 1. The highest BCUT2D eigenvalue weighted by Gasteiger charge is 2.30. The maximum atomic E-state index is 12.4. The molecule has 1 heterocycles. The molecule has 1 unspecified atom stereocenters. The van der Waals surface area contributed by atoms with Crippen molar-refractivity contribution in [2.45, 2.75) is 19.8 Å². The van der Waals surface area contributed by atoms with Crippen LogP contribution in [0.1, 0.15) is 19.8 Å². The summed E-state index contributed by atoms with van der Waals surface area (Å²) in [4.78, 5) is 26.0. The van der Waals surface area contributed by atoms with E-state index in [1.165, 1.54) is 4.90 Å². The minimum Gasteiger partial charge on any atom is -0.334 e. The van der Waals surface area contributed by atoms with E-state index in [0.29, 0.717) is 28.7 Å². The molecule has 0 aromatic heterocycles. The predicted octanol–water partition coefficient (Wildman–Crippen LogP) is 2.61. The van der Waals surface area contributed by atoms with E-state index in [9.17, 15) is 18.0 Å². The molecule has 1 aromatic rings. The zero-order valence-electron chi connectivity index (χ0n) is 13.8. The van der Waals surface area contributed by atoms with E-state index < -0.39 is 15.7 Å². The van der Waals surface area contributed by atoms with Gasteiger partial charge in [-0.3, -0.25) is 9.59 Å². The molecule has 0 radical (unpaired) electrons. The number of sulfone groups is 1. The van der Waals surface area contributed by atoms with Crippen LogP contribution in [0.5, 0.6) is 0 Å². The Morgan fingerprint density at radius 2 is 1.92 bits per heavy atom. The van der Waals surface area contributed by atoms with Gasteiger partial charge in [0, 0.05) is 13.0 Å². The van der Waals surface area contributed by atoms with E-state index in [2.05, 4.69) is 5.32 Å². The first-order valence-electron chi connectivity index (χ1n) is 7.94. The van der Waals surface area contributed by atoms with Gasteiger partial charge in [-0.05, 0) is 31.4 Å². The second kappa shape index (κ2) is 8.38. The van der Waals surface area contributed by atoms with E-state index in [4.69, 9.17) is 23.2 Å². The average Bonchev–Trinajstić information content (AvgIpc) is 2.87. The Labute approximate surface area is 157 Å². The molecule has 0 aliphatic carbocycles. The van der Waals surface area contributed by atoms with Crippen molar-refractivity contribution in [2.75, 3.05) is 29.9 Å². The van der Waals surface area contributed by atoms with Gasteiger partial charge in [0.25, 0.3) is 0 Å². The molecule has 1 aliphatic heterocycles. The van der Waals surface area contributed by atoms with Crippen molar-refractivity contribution in [3.05, 3.63) is 28.2 Å². The fourth-order valence-electron chi connectivity index (χ4n) is 2.75. The molecule has 9 heteroatoms. The van der Waals surface area contributed by atoms with E-state index >= 15 is 0 Å². The van der Waals surface area contributed by atoms with Crippen LogP contribution in [-0.2, 0) is 19.4 Å². The van der Waals surface area contributed by atoms with Crippen molar-refractivity contribution >= 4 is 50.5 Å². The number of carbonyl (C=O) groups is 2. The van der Waals surface area contributed by atoms with E-state index in [-0.39, 0.29) is 36.3 Å². The molecule has 6 nitrogen and oxygen atoms in total. The predicted molar refractivity (Wildman–Crippen MR) is 98.7 cm³/mol. The van der Waals surface area contributed by atoms with Crippen molar-refractivity contribution in [1.82, 2.24) is 4.90 Å². The molecule has 1 aliphatic rings. The second-order valence-corrected chi connectivity index (χ2v) is 9.07. The van der Waals surface area contributed by atoms with Gasteiger partial charge in [-0.2, -0.15) is 0 Å². The first-order chi connectivity index (χ1) is 11.7. The third-order valence-corrected chi connectivity index (χ3v) is 6.55. The fourth-order valence-corrected chi connectivity index (χ4v) is 5.11. The van der Waals surface area contributed by atoms with Crippen LogP contribution in [0.4, 0.5) is 5.69 Å². The molecule has 2 rings (SSSR count). The molecule has 1 aromatic carbocycles. The van der Waals surface area contributed by atoms with E-state index in [0.717, 1.165) is 0 Å². The van der Waals surface area contributed by atoms with Crippen molar-refractivity contribution in [3.8, 4) is 0 Å². The van der Waals surface area contributed by atoms with Gasteiger partial charge >= 0.3 is 0 Å². The number of hydrogen-bond acceptors (Lipinski definition) is 4. The van der Waals surface area contributed by atoms with Crippen LogP contribution >= 0.6 is 23.2 Å². The number of hydrogen-bond donors (Lipinski definition) is 1. The van der Waals surface area contributed by atoms with Crippen LogP contribution in [0.3, 0.4) is 0 Å². The summed E-state index contributed by atoms with van der Waals surface area (Å²) in [5.74, 6) is -0.651. The quantitative estimate of drug-likeness (QED) is 0.786. The Hall–Kier alpha value is -1.31. The van der Waals surface area contributed by atoms with Crippen LogP contribution in [0.15, 0.2) is 18.2 Å². The number of amides is 2. The summed E-state index contributed by atoms with van der Waals surface area (Å²) >= 11 is 12.0. The number of carbonyl (C=O) groups excluding carboxylic acids is 2. The molecule has 138 valence electrons. The maximum Gasteiger partial charge on any atom is 0.244 e. The standard InChI is InChI=1S/C16H20Cl2N2O4S/c1-2-20(15(22)8-11-6-7-25(23,24)10-11)9-14(21)19-16-12(17)4-3-5-13(16)18/h3-5,11H,2,6-10H2,1H3,(H,19,21). The summed E-state index contributed by atoms with van der Waals surface area (Å²) in [6.07, 6.45) is 0.625. The number of halogens is 2. The minimum absolute atomic E-state index is 0.0394. The number of para-hydroxylation sites is 1. The Morgan fingerprint density at radius 3 is 2.44 bits per heavy atom. The molecule has 1 N–H and O–H groups in total. The Bertz CT molecular complexity index is 747. The normalized spacial score (nSPS) is 18.8. The van der Waals surface area contributed by atoms with Gasteiger partial charge in [-0.25, -0.2) is 8.42 Å². The smallest absolute Gasteiger partial charge is 0.244 e. The highest BCUT2D eigenvalue weighted by atomic mass is 35.5. The molecule has 25 heavy (non-hydrogen) atoms.